The van der Waals surface area contributed by atoms with Crippen molar-refractivity contribution in [3.05, 3.63) is 23.9 Å². The molecular formula is C9H13N5O2. The molecule has 0 spiro atoms. The van der Waals surface area contributed by atoms with E-state index in [1.54, 1.807) is 12.1 Å². The Balaban J connectivity index is 2.56. The van der Waals surface area contributed by atoms with Gasteiger partial charge >= 0.3 is 0 Å². The second-order valence-electron chi connectivity index (χ2n) is 2.93. The molecule has 0 atom stereocenters. The summed E-state index contributed by atoms with van der Waals surface area (Å²) in [6.07, 6.45) is 1.37. The van der Waals surface area contributed by atoms with E-state index in [-0.39, 0.29) is 18.4 Å². The molecule has 0 saturated carbocycles. The van der Waals surface area contributed by atoms with Gasteiger partial charge in [-0.2, -0.15) is 0 Å². The van der Waals surface area contributed by atoms with Crippen LogP contribution in [0.3, 0.4) is 0 Å². The number of anilines is 1. The van der Waals surface area contributed by atoms with Crippen LogP contribution in [-0.4, -0.2) is 30.4 Å². The van der Waals surface area contributed by atoms with E-state index in [1.807, 2.05) is 0 Å². The first kappa shape index (κ1) is 11.9. The summed E-state index contributed by atoms with van der Waals surface area (Å²) < 4.78 is 0. The van der Waals surface area contributed by atoms with Gasteiger partial charge in [0.25, 0.3) is 5.91 Å². The van der Waals surface area contributed by atoms with Gasteiger partial charge in [-0.25, -0.2) is 10.8 Å². The third-order valence-electron chi connectivity index (χ3n) is 1.86. The van der Waals surface area contributed by atoms with Crippen LogP contribution in [0.1, 0.15) is 10.4 Å². The molecule has 0 bridgehead atoms. The number of amides is 2. The second kappa shape index (κ2) is 5.66. The normalized spacial score (nSPS) is 9.38. The zero-order valence-corrected chi connectivity index (χ0v) is 8.78. The number of hydrogen-bond donors (Lipinski definition) is 4. The number of carbonyl (C=O) groups excluding carboxylic acids is 2. The van der Waals surface area contributed by atoms with Crippen molar-refractivity contribution in [2.75, 3.05) is 19.0 Å². The third kappa shape index (κ3) is 3.21. The first-order valence-corrected chi connectivity index (χ1v) is 4.59. The average molecular weight is 223 g/mol. The fourth-order valence-corrected chi connectivity index (χ4v) is 0.965. The zero-order valence-electron chi connectivity index (χ0n) is 8.78. The molecule has 1 rings (SSSR count). The maximum atomic E-state index is 11.5. The zero-order chi connectivity index (χ0) is 12.0. The molecule has 0 aliphatic rings. The third-order valence-corrected chi connectivity index (χ3v) is 1.86. The van der Waals surface area contributed by atoms with Gasteiger partial charge in [-0.05, 0) is 12.1 Å². The molecule has 2 amide bonds. The molecule has 1 aromatic rings. The van der Waals surface area contributed by atoms with Gasteiger partial charge in [-0.1, -0.05) is 0 Å². The standard InChI is InChI=1S/C9H13N5O2/c1-11-8(15)5-13-9(16)6-2-3-7(14-10)12-4-6/h2-4H,5,10H2,1H3,(H,11,15)(H,12,14)(H,13,16). The van der Waals surface area contributed by atoms with Crippen LogP contribution in [0.2, 0.25) is 0 Å². The van der Waals surface area contributed by atoms with Gasteiger partial charge in [-0.3, -0.25) is 9.59 Å². The Morgan fingerprint density at radius 1 is 1.44 bits per heavy atom. The lowest BCUT2D eigenvalue weighted by Crippen LogP contribution is -2.35. The number of rotatable bonds is 4. The van der Waals surface area contributed by atoms with Crippen LogP contribution in [-0.2, 0) is 4.79 Å². The highest BCUT2D eigenvalue weighted by Crippen LogP contribution is 2.02. The van der Waals surface area contributed by atoms with Crippen LogP contribution < -0.4 is 21.9 Å². The second-order valence-corrected chi connectivity index (χ2v) is 2.93. The van der Waals surface area contributed by atoms with E-state index in [9.17, 15) is 9.59 Å². The number of aromatic nitrogens is 1. The molecule has 7 nitrogen and oxygen atoms in total. The number of hydrazine groups is 1. The molecule has 16 heavy (non-hydrogen) atoms. The lowest BCUT2D eigenvalue weighted by molar-refractivity contribution is -0.119. The smallest absolute Gasteiger partial charge is 0.253 e. The summed E-state index contributed by atoms with van der Waals surface area (Å²) in [6.45, 7) is -0.0633. The molecule has 0 unspecified atom stereocenters. The van der Waals surface area contributed by atoms with Crippen LogP contribution >= 0.6 is 0 Å². The van der Waals surface area contributed by atoms with E-state index in [0.717, 1.165) is 0 Å². The van der Waals surface area contributed by atoms with E-state index in [1.165, 1.54) is 13.2 Å². The fourth-order valence-electron chi connectivity index (χ4n) is 0.965. The Labute approximate surface area is 92.4 Å². The number of carbonyl (C=O) groups is 2. The predicted octanol–water partition coefficient (Wildman–Crippen LogP) is -1.16. The molecule has 1 heterocycles. The molecule has 0 aromatic carbocycles. The van der Waals surface area contributed by atoms with Crippen LogP contribution in [0, 0.1) is 0 Å². The predicted molar refractivity (Wildman–Crippen MR) is 58.4 cm³/mol. The number of nitrogens with one attached hydrogen (secondary N) is 3. The van der Waals surface area contributed by atoms with E-state index in [2.05, 4.69) is 21.0 Å². The first-order valence-electron chi connectivity index (χ1n) is 4.59. The van der Waals surface area contributed by atoms with Crippen molar-refractivity contribution in [2.45, 2.75) is 0 Å². The minimum Gasteiger partial charge on any atom is -0.358 e. The van der Waals surface area contributed by atoms with Crippen molar-refractivity contribution >= 4 is 17.6 Å². The minimum absolute atomic E-state index is 0.0633. The van der Waals surface area contributed by atoms with Crippen LogP contribution in [0.15, 0.2) is 18.3 Å². The van der Waals surface area contributed by atoms with Gasteiger partial charge < -0.3 is 16.1 Å². The molecular weight excluding hydrogens is 210 g/mol. The quantitative estimate of drug-likeness (QED) is 0.380. The summed E-state index contributed by atoms with van der Waals surface area (Å²) in [7, 11) is 1.50. The first-order chi connectivity index (χ1) is 7.67. The highest BCUT2D eigenvalue weighted by Gasteiger charge is 2.07. The van der Waals surface area contributed by atoms with Gasteiger partial charge in [0.05, 0.1) is 12.1 Å². The largest absolute Gasteiger partial charge is 0.358 e. The monoisotopic (exact) mass is 223 g/mol. The molecule has 0 aliphatic heterocycles. The Morgan fingerprint density at radius 3 is 2.69 bits per heavy atom. The van der Waals surface area contributed by atoms with Crippen LogP contribution in [0.4, 0.5) is 5.82 Å². The topological polar surface area (TPSA) is 109 Å². The van der Waals surface area contributed by atoms with Crippen molar-refractivity contribution < 1.29 is 9.59 Å². The highest BCUT2D eigenvalue weighted by molar-refractivity contribution is 5.96. The number of nitrogens with zero attached hydrogens (tertiary/aromatic N) is 1. The SMILES string of the molecule is CNC(=O)CNC(=O)c1ccc(NN)nc1. The van der Waals surface area contributed by atoms with Crippen molar-refractivity contribution in [1.82, 2.24) is 15.6 Å². The lowest BCUT2D eigenvalue weighted by Gasteiger charge is -2.04. The Hall–Kier alpha value is -2.15. The summed E-state index contributed by atoms with van der Waals surface area (Å²) in [4.78, 5) is 26.2. The Kier molecular flexibility index (Phi) is 4.22. The Bertz CT molecular complexity index is 376. The molecule has 5 N–H and O–H groups in total. The minimum atomic E-state index is -0.361. The molecule has 0 aliphatic carbocycles. The van der Waals surface area contributed by atoms with Crippen molar-refractivity contribution in [3.63, 3.8) is 0 Å². The van der Waals surface area contributed by atoms with E-state index in [4.69, 9.17) is 5.84 Å². The average Bonchev–Trinajstić information content (AvgIpc) is 2.35. The van der Waals surface area contributed by atoms with E-state index >= 15 is 0 Å². The molecule has 0 saturated heterocycles. The number of pyridine rings is 1. The summed E-state index contributed by atoms with van der Waals surface area (Å²) in [5.74, 6) is 4.96. The van der Waals surface area contributed by atoms with E-state index in [0.29, 0.717) is 11.4 Å². The molecule has 0 radical (unpaired) electrons. The fraction of sp³-hybridized carbons (Fsp3) is 0.222. The van der Waals surface area contributed by atoms with Gasteiger partial charge in [0.1, 0.15) is 5.82 Å². The van der Waals surface area contributed by atoms with Gasteiger partial charge in [0.2, 0.25) is 5.91 Å². The van der Waals surface area contributed by atoms with Gasteiger partial charge in [-0.15, -0.1) is 0 Å². The summed E-state index contributed by atoms with van der Waals surface area (Å²) in [5, 5.41) is 4.84. The number of nitrogen functional groups attached to an aromatic ring is 1. The van der Waals surface area contributed by atoms with Crippen LogP contribution in [0.25, 0.3) is 0 Å². The molecule has 86 valence electrons. The van der Waals surface area contributed by atoms with Crippen molar-refractivity contribution in [1.29, 1.82) is 0 Å². The summed E-state index contributed by atoms with van der Waals surface area (Å²) in [5.41, 5.74) is 2.71. The maximum Gasteiger partial charge on any atom is 0.253 e. The highest BCUT2D eigenvalue weighted by atomic mass is 16.2. The van der Waals surface area contributed by atoms with E-state index < -0.39 is 0 Å². The number of likely N-dealkylation sites (N-methyl/N-ethyl adjacent to an activating group) is 1. The molecule has 0 fully saturated rings. The summed E-state index contributed by atoms with van der Waals surface area (Å²) in [6, 6.07) is 3.12. The Morgan fingerprint density at radius 2 is 2.19 bits per heavy atom. The van der Waals surface area contributed by atoms with Crippen molar-refractivity contribution in [2.24, 2.45) is 5.84 Å². The lowest BCUT2D eigenvalue weighted by atomic mass is 10.2. The number of nitrogens with two attached hydrogens (primary N) is 1. The summed E-state index contributed by atoms with van der Waals surface area (Å²) >= 11 is 0. The van der Waals surface area contributed by atoms with Crippen molar-refractivity contribution in [3.8, 4) is 0 Å². The van der Waals surface area contributed by atoms with Crippen LogP contribution in [0.5, 0.6) is 0 Å². The maximum absolute atomic E-state index is 11.5. The molecule has 1 aromatic heterocycles. The van der Waals surface area contributed by atoms with Gasteiger partial charge in [0, 0.05) is 13.2 Å². The molecule has 7 heteroatoms. The number of hydrogen-bond acceptors (Lipinski definition) is 5. The van der Waals surface area contributed by atoms with Gasteiger partial charge in [0.15, 0.2) is 0 Å².